The van der Waals surface area contributed by atoms with Crippen LogP contribution in [-0.4, -0.2) is 70.5 Å². The summed E-state index contributed by atoms with van der Waals surface area (Å²) in [7, 11) is 0. The molecule has 0 bridgehead atoms. The smallest absolute Gasteiger partial charge is 0.410 e. The summed E-state index contributed by atoms with van der Waals surface area (Å²) in [6.07, 6.45) is 1.47. The second-order valence-electron chi connectivity index (χ2n) is 10.2. The maximum Gasteiger partial charge on any atom is 0.410 e. The number of aromatic nitrogens is 2. The molecular weight excluding hydrogens is 542 g/mol. The zero-order valence-corrected chi connectivity index (χ0v) is 22.8. The van der Waals surface area contributed by atoms with Crippen molar-refractivity contribution >= 4 is 56.7 Å². The molecule has 1 aromatic heterocycles. The van der Waals surface area contributed by atoms with Gasteiger partial charge in [0, 0.05) is 56.4 Å². The van der Waals surface area contributed by atoms with E-state index in [4.69, 9.17) is 10.5 Å². The summed E-state index contributed by atoms with van der Waals surface area (Å²) in [6, 6.07) is 7.60. The fourth-order valence-corrected chi connectivity index (χ4v) is 4.62. The molecule has 0 radical (unpaired) electrons. The van der Waals surface area contributed by atoms with Gasteiger partial charge in [0.1, 0.15) is 16.0 Å². The van der Waals surface area contributed by atoms with Crippen LogP contribution in [0.5, 0.6) is 0 Å². The standard InChI is InChI=1S/C25H32BrN7O4/c1-25(2,3)37-24(36)33-11-8-16(14-33)29-23-20(26)30-19(21(27)35)22(31-23)28-15-4-6-17(7-5-15)32-12-9-18(34)10-13-32/h4-7,16H,8-14H2,1-3H3,(H2,27,35)(H2,28,29,31)/t16-/m1/s1. The Kier molecular flexibility index (Phi) is 7.86. The van der Waals surface area contributed by atoms with E-state index in [2.05, 4.69) is 41.4 Å². The van der Waals surface area contributed by atoms with Crippen molar-refractivity contribution in [3.63, 3.8) is 0 Å². The molecule has 1 atom stereocenters. The quantitative estimate of drug-likeness (QED) is 0.471. The van der Waals surface area contributed by atoms with Crippen molar-refractivity contribution in [1.82, 2.24) is 14.9 Å². The molecule has 0 aliphatic carbocycles. The minimum atomic E-state index is -0.714. The van der Waals surface area contributed by atoms with E-state index in [9.17, 15) is 14.4 Å². The molecule has 4 rings (SSSR count). The Balaban J connectivity index is 1.46. The summed E-state index contributed by atoms with van der Waals surface area (Å²) in [5, 5.41) is 6.45. The number of benzene rings is 1. The molecule has 2 amide bonds. The molecule has 198 valence electrons. The third-order valence-corrected chi connectivity index (χ3v) is 6.64. The van der Waals surface area contributed by atoms with Crippen LogP contribution in [0.4, 0.5) is 27.8 Å². The first kappa shape index (κ1) is 26.6. The van der Waals surface area contributed by atoms with E-state index < -0.39 is 11.5 Å². The second kappa shape index (κ2) is 10.9. The highest BCUT2D eigenvalue weighted by Crippen LogP contribution is 2.28. The molecule has 11 nitrogen and oxygen atoms in total. The third kappa shape index (κ3) is 6.88. The van der Waals surface area contributed by atoms with Crippen LogP contribution in [0.15, 0.2) is 28.9 Å². The van der Waals surface area contributed by atoms with Crippen LogP contribution < -0.4 is 21.3 Å². The van der Waals surface area contributed by atoms with Crippen molar-refractivity contribution in [2.24, 2.45) is 5.73 Å². The first-order valence-electron chi connectivity index (χ1n) is 12.2. The predicted octanol–water partition coefficient (Wildman–Crippen LogP) is 3.67. The van der Waals surface area contributed by atoms with Gasteiger partial charge in [0.25, 0.3) is 5.91 Å². The van der Waals surface area contributed by atoms with E-state index in [1.54, 1.807) is 4.90 Å². The Hall–Kier alpha value is -3.41. The Morgan fingerprint density at radius 2 is 1.76 bits per heavy atom. The lowest BCUT2D eigenvalue weighted by Gasteiger charge is -2.28. The number of nitrogens with zero attached hydrogens (tertiary/aromatic N) is 4. The van der Waals surface area contributed by atoms with Gasteiger partial charge in [0.15, 0.2) is 17.3 Å². The Morgan fingerprint density at radius 3 is 2.38 bits per heavy atom. The number of hydrogen-bond donors (Lipinski definition) is 3. The van der Waals surface area contributed by atoms with Crippen LogP contribution in [0.2, 0.25) is 0 Å². The van der Waals surface area contributed by atoms with Gasteiger partial charge in [-0.2, -0.15) is 0 Å². The van der Waals surface area contributed by atoms with Crippen LogP contribution in [0.1, 0.15) is 50.5 Å². The average molecular weight is 574 g/mol. The van der Waals surface area contributed by atoms with E-state index >= 15 is 0 Å². The van der Waals surface area contributed by atoms with E-state index in [0.717, 1.165) is 5.69 Å². The number of halogens is 1. The minimum Gasteiger partial charge on any atom is -0.444 e. The van der Waals surface area contributed by atoms with Crippen LogP contribution in [-0.2, 0) is 9.53 Å². The van der Waals surface area contributed by atoms with E-state index in [0.29, 0.717) is 67.3 Å². The summed E-state index contributed by atoms with van der Waals surface area (Å²) in [5.74, 6) is 0.227. The summed E-state index contributed by atoms with van der Waals surface area (Å²) in [4.78, 5) is 48.7. The molecule has 0 unspecified atom stereocenters. The molecular formula is C25H32BrN7O4. The van der Waals surface area contributed by atoms with Gasteiger partial charge in [0.05, 0.1) is 0 Å². The highest BCUT2D eigenvalue weighted by Gasteiger charge is 2.30. The largest absolute Gasteiger partial charge is 0.444 e. The molecule has 2 aliphatic heterocycles. The lowest BCUT2D eigenvalue weighted by molar-refractivity contribution is -0.119. The van der Waals surface area contributed by atoms with Crippen molar-refractivity contribution < 1.29 is 19.1 Å². The number of ketones is 1. The number of amides is 2. The molecule has 37 heavy (non-hydrogen) atoms. The topological polar surface area (TPSA) is 143 Å². The number of piperidine rings is 1. The third-order valence-electron chi connectivity index (χ3n) is 6.08. The van der Waals surface area contributed by atoms with Gasteiger partial charge in [0.2, 0.25) is 0 Å². The molecule has 2 saturated heterocycles. The van der Waals surface area contributed by atoms with Crippen LogP contribution >= 0.6 is 15.9 Å². The molecule has 3 heterocycles. The average Bonchev–Trinajstić information content (AvgIpc) is 3.30. The summed E-state index contributed by atoms with van der Waals surface area (Å²) in [6.45, 7) is 7.92. The van der Waals surface area contributed by atoms with Crippen molar-refractivity contribution in [2.75, 3.05) is 41.7 Å². The maximum absolute atomic E-state index is 12.4. The monoisotopic (exact) mass is 573 g/mol. The van der Waals surface area contributed by atoms with Crippen molar-refractivity contribution in [3.05, 3.63) is 34.6 Å². The highest BCUT2D eigenvalue weighted by atomic mass is 79.9. The Labute approximate surface area is 224 Å². The highest BCUT2D eigenvalue weighted by molar-refractivity contribution is 9.10. The molecule has 0 saturated carbocycles. The van der Waals surface area contributed by atoms with Gasteiger partial charge < -0.3 is 30.9 Å². The normalized spacial score (nSPS) is 18.1. The summed E-state index contributed by atoms with van der Waals surface area (Å²) in [5.41, 5.74) is 6.74. The molecule has 12 heteroatoms. The first-order valence-corrected chi connectivity index (χ1v) is 13.0. The molecule has 4 N–H and O–H groups in total. The Morgan fingerprint density at radius 1 is 1.08 bits per heavy atom. The number of anilines is 4. The molecule has 1 aromatic carbocycles. The lowest BCUT2D eigenvalue weighted by Crippen LogP contribution is -2.36. The van der Waals surface area contributed by atoms with Crippen LogP contribution in [0.25, 0.3) is 0 Å². The van der Waals surface area contributed by atoms with Crippen LogP contribution in [0.3, 0.4) is 0 Å². The van der Waals surface area contributed by atoms with E-state index in [1.165, 1.54) is 0 Å². The Bertz CT molecular complexity index is 1170. The van der Waals surface area contributed by atoms with Gasteiger partial charge in [-0.1, -0.05) is 0 Å². The molecule has 2 aromatic rings. The van der Waals surface area contributed by atoms with Gasteiger partial charge in [-0.05, 0) is 67.4 Å². The van der Waals surface area contributed by atoms with Gasteiger partial charge >= 0.3 is 6.09 Å². The van der Waals surface area contributed by atoms with Crippen molar-refractivity contribution in [3.8, 4) is 0 Å². The zero-order chi connectivity index (χ0) is 26.7. The number of rotatable bonds is 6. The fourth-order valence-electron chi connectivity index (χ4n) is 4.24. The van der Waals surface area contributed by atoms with Crippen molar-refractivity contribution in [2.45, 2.75) is 51.7 Å². The zero-order valence-electron chi connectivity index (χ0n) is 21.2. The lowest BCUT2D eigenvalue weighted by atomic mass is 10.1. The maximum atomic E-state index is 12.4. The molecule has 2 fully saturated rings. The number of carbonyl (C=O) groups excluding carboxylic acids is 3. The predicted molar refractivity (Wildman–Crippen MR) is 144 cm³/mol. The number of ether oxygens (including phenoxy) is 1. The van der Waals surface area contributed by atoms with Gasteiger partial charge in [-0.3, -0.25) is 9.59 Å². The second-order valence-corrected chi connectivity index (χ2v) is 10.9. The number of nitrogens with one attached hydrogen (secondary N) is 2. The fraction of sp³-hybridized carbons (Fsp3) is 0.480. The number of nitrogens with two attached hydrogens (primary N) is 1. The van der Waals surface area contributed by atoms with E-state index in [-0.39, 0.29) is 23.6 Å². The molecule has 0 spiro atoms. The number of hydrogen-bond acceptors (Lipinski definition) is 9. The SMILES string of the molecule is CC(C)(C)OC(=O)N1CC[C@@H](Nc2nc(Nc3ccc(N4CCC(=O)CC4)cc3)c(C(N)=O)nc2Br)C1. The minimum absolute atomic E-state index is 0.00199. The molecule has 2 aliphatic rings. The summed E-state index contributed by atoms with van der Waals surface area (Å²) >= 11 is 3.38. The number of Topliss-reactive ketones (excluding diaryl/α,β-unsaturated/α-hetero) is 1. The van der Waals surface area contributed by atoms with Crippen LogP contribution in [0, 0.1) is 0 Å². The van der Waals surface area contributed by atoms with Crippen molar-refractivity contribution in [1.29, 1.82) is 0 Å². The number of primary amides is 1. The van der Waals surface area contributed by atoms with Gasteiger partial charge in [-0.15, -0.1) is 0 Å². The first-order chi connectivity index (χ1) is 17.5. The van der Waals surface area contributed by atoms with Gasteiger partial charge in [-0.25, -0.2) is 14.8 Å². The number of likely N-dealkylation sites (tertiary alicyclic amines) is 1. The summed E-state index contributed by atoms with van der Waals surface area (Å²) < 4.78 is 5.81. The van der Waals surface area contributed by atoms with E-state index in [1.807, 2.05) is 45.0 Å². The number of carbonyl (C=O) groups is 3.